The zero-order valence-electron chi connectivity index (χ0n) is 10.2. The number of halogens is 1. The topological polar surface area (TPSA) is 52.3 Å². The van der Waals surface area contributed by atoms with E-state index in [1.54, 1.807) is 18.2 Å². The van der Waals surface area contributed by atoms with Gasteiger partial charge in [-0.05, 0) is 24.6 Å². The van der Waals surface area contributed by atoms with E-state index in [9.17, 15) is 4.79 Å². The van der Waals surface area contributed by atoms with Crippen molar-refractivity contribution in [3.05, 3.63) is 28.8 Å². The first kappa shape index (κ1) is 14.0. The van der Waals surface area contributed by atoms with E-state index in [1.807, 2.05) is 0 Å². The van der Waals surface area contributed by atoms with Crippen LogP contribution in [-0.2, 0) is 0 Å². The molecule has 0 radical (unpaired) electrons. The number of benzene rings is 1. The lowest BCUT2D eigenvalue weighted by Gasteiger charge is -2.11. The van der Waals surface area contributed by atoms with Crippen LogP contribution in [0, 0.1) is 0 Å². The van der Waals surface area contributed by atoms with Crippen LogP contribution in [0.3, 0.4) is 0 Å². The second kappa shape index (κ2) is 6.62. The van der Waals surface area contributed by atoms with Gasteiger partial charge in [-0.25, -0.2) is 0 Å². The number of carbonyl (C=O) groups is 1. The van der Waals surface area contributed by atoms with Crippen molar-refractivity contribution in [2.24, 2.45) is 5.73 Å². The molecule has 0 spiro atoms. The third kappa shape index (κ3) is 3.72. The summed E-state index contributed by atoms with van der Waals surface area (Å²) >= 11 is 5.90. The molecule has 2 N–H and O–H groups in total. The fraction of sp³-hybridized carbons (Fsp3) is 0.462. The molecule has 1 rings (SSSR count). The molecule has 1 unspecified atom stereocenters. The van der Waals surface area contributed by atoms with Crippen LogP contribution >= 0.6 is 11.6 Å². The predicted molar refractivity (Wildman–Crippen MR) is 69.8 cm³/mol. The molecule has 0 bridgehead atoms. The van der Waals surface area contributed by atoms with E-state index in [0.717, 1.165) is 12.8 Å². The standard InChI is InChI=1S/C13H18ClNO2/c1-3-4-5-11(15)13(16)9-6-7-10(14)12(8-9)17-2/h6-8,11H,3-5,15H2,1-2H3. The first-order chi connectivity index (χ1) is 8.10. The zero-order chi connectivity index (χ0) is 12.8. The molecule has 1 atom stereocenters. The number of carbonyl (C=O) groups excluding carboxylic acids is 1. The molecular formula is C13H18ClNO2. The van der Waals surface area contributed by atoms with Crippen LogP contribution in [0.5, 0.6) is 5.75 Å². The van der Waals surface area contributed by atoms with Gasteiger partial charge < -0.3 is 10.5 Å². The normalized spacial score (nSPS) is 12.2. The smallest absolute Gasteiger partial charge is 0.179 e. The molecule has 1 aromatic carbocycles. The average molecular weight is 256 g/mol. The Balaban J connectivity index is 2.81. The lowest BCUT2D eigenvalue weighted by atomic mass is 10.0. The first-order valence-corrected chi connectivity index (χ1v) is 6.11. The number of hydrogen-bond donors (Lipinski definition) is 1. The largest absolute Gasteiger partial charge is 0.495 e. The van der Waals surface area contributed by atoms with Gasteiger partial charge in [-0.2, -0.15) is 0 Å². The number of hydrogen-bond acceptors (Lipinski definition) is 3. The summed E-state index contributed by atoms with van der Waals surface area (Å²) in [5.41, 5.74) is 6.39. The Morgan fingerprint density at radius 1 is 1.53 bits per heavy atom. The van der Waals surface area contributed by atoms with E-state index in [2.05, 4.69) is 6.92 Å². The van der Waals surface area contributed by atoms with E-state index in [0.29, 0.717) is 22.8 Å². The molecule has 3 nitrogen and oxygen atoms in total. The highest BCUT2D eigenvalue weighted by Gasteiger charge is 2.16. The maximum absolute atomic E-state index is 12.0. The van der Waals surface area contributed by atoms with Crippen molar-refractivity contribution < 1.29 is 9.53 Å². The minimum atomic E-state index is -0.444. The number of ketones is 1. The van der Waals surface area contributed by atoms with Crippen LogP contribution in [0.15, 0.2) is 18.2 Å². The molecule has 0 fully saturated rings. The summed E-state index contributed by atoms with van der Waals surface area (Å²) in [7, 11) is 1.52. The van der Waals surface area contributed by atoms with Crippen molar-refractivity contribution in [3.8, 4) is 5.75 Å². The lowest BCUT2D eigenvalue weighted by Crippen LogP contribution is -2.30. The SMILES string of the molecule is CCCCC(N)C(=O)c1ccc(Cl)c(OC)c1. The highest BCUT2D eigenvalue weighted by molar-refractivity contribution is 6.32. The maximum atomic E-state index is 12.0. The first-order valence-electron chi connectivity index (χ1n) is 5.73. The molecule has 0 saturated carbocycles. The molecule has 4 heteroatoms. The van der Waals surface area contributed by atoms with Crippen molar-refractivity contribution in [1.29, 1.82) is 0 Å². The molecule has 0 amide bonds. The highest BCUT2D eigenvalue weighted by Crippen LogP contribution is 2.25. The van der Waals surface area contributed by atoms with Gasteiger partial charge in [0.15, 0.2) is 5.78 Å². The second-order valence-corrected chi connectivity index (χ2v) is 4.37. The molecule has 94 valence electrons. The molecule has 0 saturated heterocycles. The maximum Gasteiger partial charge on any atom is 0.179 e. The number of Topliss-reactive ketones (excluding diaryl/α,β-unsaturated/α-hetero) is 1. The Morgan fingerprint density at radius 2 is 2.24 bits per heavy atom. The van der Waals surface area contributed by atoms with Gasteiger partial charge in [0.2, 0.25) is 0 Å². The second-order valence-electron chi connectivity index (χ2n) is 3.96. The highest BCUT2D eigenvalue weighted by atomic mass is 35.5. The van der Waals surface area contributed by atoms with Gasteiger partial charge in [-0.15, -0.1) is 0 Å². The summed E-state index contributed by atoms with van der Waals surface area (Å²) in [6, 6.07) is 4.52. The van der Waals surface area contributed by atoms with Crippen LogP contribution < -0.4 is 10.5 Å². The van der Waals surface area contributed by atoms with Gasteiger partial charge >= 0.3 is 0 Å². The number of methoxy groups -OCH3 is 1. The Morgan fingerprint density at radius 3 is 2.82 bits per heavy atom. The molecule has 1 aromatic rings. The quantitative estimate of drug-likeness (QED) is 0.795. The summed E-state index contributed by atoms with van der Waals surface area (Å²) in [6.07, 6.45) is 2.70. The van der Waals surface area contributed by atoms with Crippen molar-refractivity contribution in [1.82, 2.24) is 0 Å². The molecule has 0 aliphatic heterocycles. The van der Waals surface area contributed by atoms with Gasteiger partial charge in [0, 0.05) is 5.56 Å². The van der Waals surface area contributed by atoms with Crippen LogP contribution in [-0.4, -0.2) is 18.9 Å². The Bertz CT molecular complexity index is 393. The van der Waals surface area contributed by atoms with E-state index < -0.39 is 6.04 Å². The van der Waals surface area contributed by atoms with E-state index in [1.165, 1.54) is 7.11 Å². The fourth-order valence-corrected chi connectivity index (χ4v) is 1.78. The average Bonchev–Trinajstić information content (AvgIpc) is 2.35. The number of unbranched alkanes of at least 4 members (excludes halogenated alkanes) is 1. The minimum absolute atomic E-state index is 0.0617. The molecule has 0 aliphatic rings. The van der Waals surface area contributed by atoms with Crippen LogP contribution in [0.25, 0.3) is 0 Å². The number of ether oxygens (including phenoxy) is 1. The predicted octanol–water partition coefficient (Wildman–Crippen LogP) is 3.05. The monoisotopic (exact) mass is 255 g/mol. The molecule has 17 heavy (non-hydrogen) atoms. The van der Waals surface area contributed by atoms with Crippen LogP contribution in [0.2, 0.25) is 5.02 Å². The molecule has 0 aliphatic carbocycles. The molecule has 0 aromatic heterocycles. The van der Waals surface area contributed by atoms with Gasteiger partial charge in [-0.1, -0.05) is 31.4 Å². The van der Waals surface area contributed by atoms with Crippen LogP contribution in [0.4, 0.5) is 0 Å². The summed E-state index contributed by atoms with van der Waals surface area (Å²) < 4.78 is 5.07. The Kier molecular flexibility index (Phi) is 5.45. The summed E-state index contributed by atoms with van der Waals surface area (Å²) in [5.74, 6) is 0.439. The molecule has 0 heterocycles. The minimum Gasteiger partial charge on any atom is -0.495 e. The lowest BCUT2D eigenvalue weighted by molar-refractivity contribution is 0.0956. The third-order valence-corrected chi connectivity index (χ3v) is 2.95. The molecular weight excluding hydrogens is 238 g/mol. The van der Waals surface area contributed by atoms with Crippen molar-refractivity contribution >= 4 is 17.4 Å². The van der Waals surface area contributed by atoms with E-state index in [4.69, 9.17) is 22.1 Å². The van der Waals surface area contributed by atoms with E-state index in [-0.39, 0.29) is 5.78 Å². The summed E-state index contributed by atoms with van der Waals surface area (Å²) in [6.45, 7) is 2.07. The van der Waals surface area contributed by atoms with Crippen molar-refractivity contribution in [2.75, 3.05) is 7.11 Å². The van der Waals surface area contributed by atoms with Gasteiger partial charge in [0.25, 0.3) is 0 Å². The fourth-order valence-electron chi connectivity index (χ4n) is 1.58. The van der Waals surface area contributed by atoms with Gasteiger partial charge in [0.05, 0.1) is 18.2 Å². The van der Waals surface area contributed by atoms with E-state index >= 15 is 0 Å². The number of rotatable bonds is 6. The van der Waals surface area contributed by atoms with Crippen molar-refractivity contribution in [2.45, 2.75) is 32.2 Å². The zero-order valence-corrected chi connectivity index (χ0v) is 11.0. The Labute approximate surface area is 107 Å². The number of nitrogens with two attached hydrogens (primary N) is 1. The summed E-state index contributed by atoms with van der Waals surface area (Å²) in [5, 5.41) is 0.492. The van der Waals surface area contributed by atoms with Gasteiger partial charge in [-0.3, -0.25) is 4.79 Å². The van der Waals surface area contributed by atoms with Crippen LogP contribution in [0.1, 0.15) is 36.5 Å². The Hall–Kier alpha value is -1.06. The van der Waals surface area contributed by atoms with Gasteiger partial charge in [0.1, 0.15) is 5.75 Å². The van der Waals surface area contributed by atoms with Crippen molar-refractivity contribution in [3.63, 3.8) is 0 Å². The summed E-state index contributed by atoms with van der Waals surface area (Å²) in [4.78, 5) is 12.0. The third-order valence-electron chi connectivity index (χ3n) is 2.64.